The number of nitrogens with two attached hydrogens (primary N) is 1. The molecule has 0 bridgehead atoms. The Balaban J connectivity index is 2.20. The maximum atomic E-state index is 11.7. The minimum atomic E-state index is 0.184. The number of carbonyl (C=O) groups excluding carboxylic acids is 1. The van der Waals surface area contributed by atoms with Gasteiger partial charge in [-0.1, -0.05) is 26.2 Å². The minimum Gasteiger partial charge on any atom is -0.352 e. The van der Waals surface area contributed by atoms with Crippen molar-refractivity contribution >= 4 is 5.91 Å². The lowest BCUT2D eigenvalue weighted by atomic mass is 10.0. The summed E-state index contributed by atoms with van der Waals surface area (Å²) >= 11 is 0. The topological polar surface area (TPSA) is 55.1 Å². The van der Waals surface area contributed by atoms with E-state index in [2.05, 4.69) is 12.2 Å². The molecule has 88 valence electrons. The molecule has 3 N–H and O–H groups in total. The van der Waals surface area contributed by atoms with Gasteiger partial charge in [0.2, 0.25) is 5.91 Å². The van der Waals surface area contributed by atoms with Crippen molar-refractivity contribution in [1.29, 1.82) is 0 Å². The van der Waals surface area contributed by atoms with E-state index in [9.17, 15) is 4.79 Å². The average molecular weight is 212 g/mol. The highest BCUT2D eigenvalue weighted by Crippen LogP contribution is 2.27. The molecular formula is C12H24N2O. The first-order valence-electron chi connectivity index (χ1n) is 6.25. The molecule has 1 unspecified atom stereocenters. The predicted molar refractivity (Wildman–Crippen MR) is 62.5 cm³/mol. The van der Waals surface area contributed by atoms with Crippen molar-refractivity contribution in [1.82, 2.24) is 5.32 Å². The van der Waals surface area contributed by atoms with Crippen LogP contribution in [0.5, 0.6) is 0 Å². The van der Waals surface area contributed by atoms with E-state index in [1.54, 1.807) is 0 Å². The summed E-state index contributed by atoms with van der Waals surface area (Å²) in [6.07, 6.45) is 7.84. The fraction of sp³-hybridized carbons (Fsp3) is 0.917. The summed E-state index contributed by atoms with van der Waals surface area (Å²) in [7, 11) is 0. The molecule has 0 spiro atoms. The molecule has 3 nitrogen and oxygen atoms in total. The summed E-state index contributed by atoms with van der Waals surface area (Å²) in [6.45, 7) is 2.68. The number of hydrogen-bond donors (Lipinski definition) is 2. The molecule has 0 aliphatic heterocycles. The van der Waals surface area contributed by atoms with E-state index in [1.807, 2.05) is 0 Å². The Hall–Kier alpha value is -0.570. The highest BCUT2D eigenvalue weighted by atomic mass is 16.1. The minimum absolute atomic E-state index is 0.184. The van der Waals surface area contributed by atoms with Crippen LogP contribution in [0.25, 0.3) is 0 Å². The summed E-state index contributed by atoms with van der Waals surface area (Å²) in [5.41, 5.74) is 5.60. The van der Waals surface area contributed by atoms with E-state index in [4.69, 9.17) is 5.73 Å². The first-order valence-corrected chi connectivity index (χ1v) is 6.25. The molecule has 1 aliphatic carbocycles. The molecule has 1 aliphatic rings. The molecule has 3 heteroatoms. The molecule has 1 atom stereocenters. The van der Waals surface area contributed by atoms with E-state index < -0.39 is 0 Å². The van der Waals surface area contributed by atoms with Crippen LogP contribution in [-0.2, 0) is 4.79 Å². The van der Waals surface area contributed by atoms with Crippen LogP contribution in [0.2, 0.25) is 0 Å². The fourth-order valence-electron chi connectivity index (χ4n) is 2.36. The lowest BCUT2D eigenvalue weighted by molar-refractivity contribution is -0.122. The average Bonchev–Trinajstić information content (AvgIpc) is 2.69. The molecule has 0 radical (unpaired) electrons. The Morgan fingerprint density at radius 1 is 1.47 bits per heavy atom. The number of hydrogen-bond acceptors (Lipinski definition) is 2. The largest absolute Gasteiger partial charge is 0.352 e. The van der Waals surface area contributed by atoms with E-state index in [1.165, 1.54) is 25.7 Å². The third-order valence-electron chi connectivity index (χ3n) is 3.24. The van der Waals surface area contributed by atoms with Gasteiger partial charge in [-0.2, -0.15) is 0 Å². The molecule has 0 saturated heterocycles. The maximum Gasteiger partial charge on any atom is 0.220 e. The summed E-state index contributed by atoms with van der Waals surface area (Å²) in [6, 6.07) is 0.184. The summed E-state index contributed by atoms with van der Waals surface area (Å²) < 4.78 is 0. The van der Waals surface area contributed by atoms with E-state index in [0.29, 0.717) is 18.9 Å². The molecule has 1 saturated carbocycles. The van der Waals surface area contributed by atoms with Crippen molar-refractivity contribution in [2.24, 2.45) is 11.7 Å². The lowest BCUT2D eigenvalue weighted by Crippen LogP contribution is -2.40. The first-order chi connectivity index (χ1) is 7.26. The Kier molecular flexibility index (Phi) is 5.69. The van der Waals surface area contributed by atoms with Gasteiger partial charge in [-0.3, -0.25) is 4.79 Å². The number of carbonyl (C=O) groups is 1. The SMILES string of the molecule is CCCC(CN)NC(=O)CC1CCCC1. The quantitative estimate of drug-likeness (QED) is 0.705. The first kappa shape index (κ1) is 12.5. The zero-order valence-electron chi connectivity index (χ0n) is 9.80. The van der Waals surface area contributed by atoms with Crippen LogP contribution in [0.4, 0.5) is 0 Å². The van der Waals surface area contributed by atoms with Crippen molar-refractivity contribution in [3.8, 4) is 0 Å². The second-order valence-electron chi connectivity index (χ2n) is 4.64. The Morgan fingerprint density at radius 3 is 2.67 bits per heavy atom. The second-order valence-corrected chi connectivity index (χ2v) is 4.64. The zero-order chi connectivity index (χ0) is 11.1. The van der Waals surface area contributed by atoms with E-state index >= 15 is 0 Å². The molecule has 0 heterocycles. The Labute approximate surface area is 92.8 Å². The van der Waals surface area contributed by atoms with Gasteiger partial charge in [-0.15, -0.1) is 0 Å². The van der Waals surface area contributed by atoms with Gasteiger partial charge in [0.25, 0.3) is 0 Å². The third kappa shape index (κ3) is 4.65. The van der Waals surface area contributed by atoms with Gasteiger partial charge in [0, 0.05) is 19.0 Å². The van der Waals surface area contributed by atoms with Crippen molar-refractivity contribution in [3.05, 3.63) is 0 Å². The van der Waals surface area contributed by atoms with Crippen LogP contribution in [0.1, 0.15) is 51.9 Å². The molecule has 1 rings (SSSR count). The standard InChI is InChI=1S/C12H24N2O/c1-2-5-11(9-13)14-12(15)8-10-6-3-4-7-10/h10-11H,2-9,13H2,1H3,(H,14,15). The smallest absolute Gasteiger partial charge is 0.220 e. The molecule has 0 aromatic heterocycles. The molecule has 0 aromatic carbocycles. The maximum absolute atomic E-state index is 11.7. The normalized spacial score (nSPS) is 19.1. The summed E-state index contributed by atoms with van der Waals surface area (Å²) in [5.74, 6) is 0.829. The molecule has 0 aromatic rings. The van der Waals surface area contributed by atoms with E-state index in [0.717, 1.165) is 12.8 Å². The van der Waals surface area contributed by atoms with Crippen LogP contribution in [-0.4, -0.2) is 18.5 Å². The Morgan fingerprint density at radius 2 is 2.13 bits per heavy atom. The zero-order valence-corrected chi connectivity index (χ0v) is 9.80. The fourth-order valence-corrected chi connectivity index (χ4v) is 2.36. The van der Waals surface area contributed by atoms with Crippen molar-refractivity contribution in [2.75, 3.05) is 6.54 Å². The van der Waals surface area contributed by atoms with Gasteiger partial charge < -0.3 is 11.1 Å². The van der Waals surface area contributed by atoms with Crippen LogP contribution in [0, 0.1) is 5.92 Å². The summed E-state index contributed by atoms with van der Waals surface area (Å²) in [5, 5.41) is 3.03. The van der Waals surface area contributed by atoms with Gasteiger partial charge in [-0.05, 0) is 25.2 Å². The second kappa shape index (κ2) is 6.83. The molecular weight excluding hydrogens is 188 g/mol. The van der Waals surface area contributed by atoms with Crippen molar-refractivity contribution in [2.45, 2.75) is 57.9 Å². The van der Waals surface area contributed by atoms with Gasteiger partial charge in [0.15, 0.2) is 0 Å². The lowest BCUT2D eigenvalue weighted by Gasteiger charge is -2.17. The van der Waals surface area contributed by atoms with Crippen molar-refractivity contribution in [3.63, 3.8) is 0 Å². The number of amides is 1. The van der Waals surface area contributed by atoms with Crippen LogP contribution < -0.4 is 11.1 Å². The van der Waals surface area contributed by atoms with Gasteiger partial charge in [-0.25, -0.2) is 0 Å². The monoisotopic (exact) mass is 212 g/mol. The van der Waals surface area contributed by atoms with Gasteiger partial charge >= 0.3 is 0 Å². The highest BCUT2D eigenvalue weighted by Gasteiger charge is 2.19. The van der Waals surface area contributed by atoms with Crippen LogP contribution >= 0.6 is 0 Å². The van der Waals surface area contributed by atoms with Gasteiger partial charge in [0.05, 0.1) is 0 Å². The van der Waals surface area contributed by atoms with Crippen LogP contribution in [0.3, 0.4) is 0 Å². The molecule has 1 amide bonds. The predicted octanol–water partition coefficient (Wildman–Crippen LogP) is 1.81. The number of rotatable bonds is 6. The Bertz CT molecular complexity index is 188. The molecule has 1 fully saturated rings. The third-order valence-corrected chi connectivity index (χ3v) is 3.24. The van der Waals surface area contributed by atoms with E-state index in [-0.39, 0.29) is 11.9 Å². The number of nitrogens with one attached hydrogen (secondary N) is 1. The highest BCUT2D eigenvalue weighted by molar-refractivity contribution is 5.76. The summed E-state index contributed by atoms with van der Waals surface area (Å²) in [4.78, 5) is 11.7. The van der Waals surface area contributed by atoms with Crippen molar-refractivity contribution < 1.29 is 4.79 Å². The van der Waals surface area contributed by atoms with Crippen LogP contribution in [0.15, 0.2) is 0 Å². The van der Waals surface area contributed by atoms with Gasteiger partial charge in [0.1, 0.15) is 0 Å². The molecule has 15 heavy (non-hydrogen) atoms.